The molecular formula is C25H27NO2. The van der Waals surface area contributed by atoms with E-state index in [1.54, 1.807) is 0 Å². The number of aromatic nitrogens is 1. The first-order chi connectivity index (χ1) is 13.5. The average Bonchev–Trinajstić information content (AvgIpc) is 3.05. The summed E-state index contributed by atoms with van der Waals surface area (Å²) in [5, 5.41) is 0. The van der Waals surface area contributed by atoms with Crippen molar-refractivity contribution in [2.24, 2.45) is 5.41 Å². The molecule has 0 aliphatic heterocycles. The second-order valence-electron chi connectivity index (χ2n) is 8.29. The molecule has 2 aromatic carbocycles. The smallest absolute Gasteiger partial charge is 0.165 e. The van der Waals surface area contributed by atoms with Crippen molar-refractivity contribution >= 4 is 5.78 Å². The number of para-hydroxylation sites is 1. The van der Waals surface area contributed by atoms with E-state index in [4.69, 9.17) is 4.74 Å². The van der Waals surface area contributed by atoms with E-state index >= 15 is 0 Å². The van der Waals surface area contributed by atoms with E-state index in [0.29, 0.717) is 13.0 Å². The Morgan fingerprint density at radius 1 is 1.00 bits per heavy atom. The molecule has 144 valence electrons. The van der Waals surface area contributed by atoms with Crippen LogP contribution in [0.4, 0.5) is 0 Å². The third-order valence-corrected chi connectivity index (χ3v) is 5.44. The van der Waals surface area contributed by atoms with Crippen LogP contribution in [0, 0.1) is 5.41 Å². The minimum atomic E-state index is -0.215. The van der Waals surface area contributed by atoms with Crippen molar-refractivity contribution in [2.75, 3.05) is 6.61 Å². The zero-order valence-corrected chi connectivity index (χ0v) is 16.8. The van der Waals surface area contributed by atoms with Gasteiger partial charge < -0.3 is 9.30 Å². The van der Waals surface area contributed by atoms with Crippen molar-refractivity contribution in [2.45, 2.75) is 39.7 Å². The Hall–Kier alpha value is -2.65. The van der Waals surface area contributed by atoms with Gasteiger partial charge in [-0.3, -0.25) is 4.79 Å². The van der Waals surface area contributed by atoms with Crippen LogP contribution in [0.15, 0.2) is 66.7 Å². The summed E-state index contributed by atoms with van der Waals surface area (Å²) in [6.07, 6.45) is 1.24. The molecule has 0 radical (unpaired) electrons. The number of ketones is 1. The van der Waals surface area contributed by atoms with Gasteiger partial charge in [0.15, 0.2) is 5.78 Å². The van der Waals surface area contributed by atoms with Crippen molar-refractivity contribution in [3.05, 3.63) is 89.2 Å². The van der Waals surface area contributed by atoms with Crippen LogP contribution in [0.5, 0.6) is 0 Å². The molecule has 3 nitrogen and oxygen atoms in total. The summed E-state index contributed by atoms with van der Waals surface area (Å²) < 4.78 is 8.46. The number of ether oxygens (including phenoxy) is 1. The molecular weight excluding hydrogens is 346 g/mol. The lowest BCUT2D eigenvalue weighted by Crippen LogP contribution is -2.28. The van der Waals surface area contributed by atoms with Crippen LogP contribution >= 0.6 is 0 Å². The number of hydrogen-bond donors (Lipinski definition) is 0. The summed E-state index contributed by atoms with van der Waals surface area (Å²) in [4.78, 5) is 13.0. The molecule has 0 N–H and O–H groups in total. The van der Waals surface area contributed by atoms with Crippen LogP contribution in [0.25, 0.3) is 5.69 Å². The summed E-state index contributed by atoms with van der Waals surface area (Å²) >= 11 is 0. The third-order valence-electron chi connectivity index (χ3n) is 5.44. The average molecular weight is 373 g/mol. The Bertz CT molecular complexity index is 971. The molecule has 1 aromatic heterocycles. The molecule has 4 rings (SSSR count). The first-order valence-corrected chi connectivity index (χ1v) is 10.00. The van der Waals surface area contributed by atoms with Crippen LogP contribution in [-0.4, -0.2) is 17.0 Å². The van der Waals surface area contributed by atoms with E-state index in [2.05, 4.69) is 48.7 Å². The Kier molecular flexibility index (Phi) is 4.94. The predicted octanol–water partition coefficient (Wildman–Crippen LogP) is 5.76. The quantitative estimate of drug-likeness (QED) is 0.569. The van der Waals surface area contributed by atoms with Gasteiger partial charge in [-0.25, -0.2) is 0 Å². The number of carbonyl (C=O) groups excluding carboxylic acids is 1. The zero-order valence-electron chi connectivity index (χ0n) is 16.8. The second kappa shape index (κ2) is 7.40. The van der Waals surface area contributed by atoms with E-state index in [0.717, 1.165) is 34.6 Å². The number of benzene rings is 2. The van der Waals surface area contributed by atoms with Gasteiger partial charge in [0.25, 0.3) is 0 Å². The molecule has 3 aromatic rings. The molecule has 1 atom stereocenters. The maximum absolute atomic E-state index is 13.0. The van der Waals surface area contributed by atoms with Gasteiger partial charge in [0.1, 0.15) is 6.10 Å². The molecule has 28 heavy (non-hydrogen) atoms. The van der Waals surface area contributed by atoms with Crippen LogP contribution in [0.3, 0.4) is 0 Å². The molecule has 0 saturated heterocycles. The summed E-state index contributed by atoms with van der Waals surface area (Å²) in [6.45, 7) is 6.96. The lowest BCUT2D eigenvalue weighted by atomic mass is 9.76. The van der Waals surface area contributed by atoms with Crippen molar-refractivity contribution in [3.8, 4) is 5.69 Å². The highest BCUT2D eigenvalue weighted by molar-refractivity contribution is 5.99. The number of hydrogen-bond acceptors (Lipinski definition) is 2. The zero-order chi connectivity index (χ0) is 19.7. The van der Waals surface area contributed by atoms with Gasteiger partial charge in [0.2, 0.25) is 0 Å². The highest BCUT2D eigenvalue weighted by atomic mass is 16.5. The number of rotatable bonds is 5. The molecule has 0 saturated carbocycles. The highest BCUT2D eigenvalue weighted by Crippen LogP contribution is 2.40. The number of fused-ring (bicyclic) bond motifs is 1. The standard InChI is InChI=1S/C25H27NO2/c1-4-28-24(18-11-7-5-8-12-18)21-15-20-22(16-25(2,3)17-23(20)27)26(21)19-13-9-6-10-14-19/h5-15,24H,4,16-17H2,1-3H3. The number of Topliss-reactive ketones (excluding diaryl/α,β-unsaturated/α-hetero) is 1. The summed E-state index contributed by atoms with van der Waals surface area (Å²) in [7, 11) is 0. The lowest BCUT2D eigenvalue weighted by Gasteiger charge is -2.30. The summed E-state index contributed by atoms with van der Waals surface area (Å²) in [5.74, 6) is 0.227. The normalized spacial score (nSPS) is 16.6. The first-order valence-electron chi connectivity index (χ1n) is 10.00. The van der Waals surface area contributed by atoms with Crippen LogP contribution in [0.2, 0.25) is 0 Å². The highest BCUT2D eigenvalue weighted by Gasteiger charge is 2.36. The molecule has 1 unspecified atom stereocenters. The Labute approximate surface area is 167 Å². The number of nitrogens with zero attached hydrogens (tertiary/aromatic N) is 1. The van der Waals surface area contributed by atoms with Crippen LogP contribution < -0.4 is 0 Å². The minimum absolute atomic E-state index is 0.0416. The van der Waals surface area contributed by atoms with E-state index in [-0.39, 0.29) is 17.3 Å². The maximum atomic E-state index is 13.0. The Morgan fingerprint density at radius 2 is 1.64 bits per heavy atom. The van der Waals surface area contributed by atoms with Gasteiger partial charge in [-0.15, -0.1) is 0 Å². The largest absolute Gasteiger partial charge is 0.368 e. The molecule has 0 fully saturated rings. The van der Waals surface area contributed by atoms with E-state index in [1.807, 2.05) is 43.3 Å². The minimum Gasteiger partial charge on any atom is -0.368 e. The fourth-order valence-electron chi connectivity index (χ4n) is 4.26. The SMILES string of the molecule is CCOC(c1ccccc1)c1cc2c(n1-c1ccccc1)CC(C)(C)CC2=O. The van der Waals surface area contributed by atoms with Crippen molar-refractivity contribution < 1.29 is 9.53 Å². The predicted molar refractivity (Wildman–Crippen MR) is 112 cm³/mol. The van der Waals surface area contributed by atoms with Gasteiger partial charge in [-0.2, -0.15) is 0 Å². The van der Waals surface area contributed by atoms with Crippen LogP contribution in [0.1, 0.15) is 60.6 Å². The van der Waals surface area contributed by atoms with Crippen LogP contribution in [-0.2, 0) is 11.2 Å². The van der Waals surface area contributed by atoms with Gasteiger partial charge in [-0.1, -0.05) is 62.4 Å². The number of carbonyl (C=O) groups is 1. The molecule has 1 heterocycles. The topological polar surface area (TPSA) is 31.2 Å². The molecule has 1 aliphatic carbocycles. The van der Waals surface area contributed by atoms with Gasteiger partial charge >= 0.3 is 0 Å². The third kappa shape index (κ3) is 3.43. The van der Waals surface area contributed by atoms with Gasteiger partial charge in [0, 0.05) is 30.0 Å². The van der Waals surface area contributed by atoms with Gasteiger partial charge in [0.05, 0.1) is 5.69 Å². The fourth-order valence-corrected chi connectivity index (χ4v) is 4.26. The lowest BCUT2D eigenvalue weighted by molar-refractivity contribution is 0.0870. The van der Waals surface area contributed by atoms with E-state index in [1.165, 1.54) is 0 Å². The van der Waals surface area contributed by atoms with E-state index < -0.39 is 0 Å². The van der Waals surface area contributed by atoms with E-state index in [9.17, 15) is 4.79 Å². The molecule has 1 aliphatic rings. The van der Waals surface area contributed by atoms with Gasteiger partial charge in [-0.05, 0) is 42.5 Å². The molecule has 0 spiro atoms. The molecule has 3 heteroatoms. The van der Waals surface area contributed by atoms with Crippen molar-refractivity contribution in [1.29, 1.82) is 0 Å². The fraction of sp³-hybridized carbons (Fsp3) is 0.320. The summed E-state index contributed by atoms with van der Waals surface area (Å²) in [6, 6.07) is 22.6. The monoisotopic (exact) mass is 373 g/mol. The first kappa shape index (κ1) is 18.7. The maximum Gasteiger partial charge on any atom is 0.165 e. The summed E-state index contributed by atoms with van der Waals surface area (Å²) in [5.41, 5.74) is 5.10. The molecule has 0 amide bonds. The van der Waals surface area contributed by atoms with Crippen molar-refractivity contribution in [3.63, 3.8) is 0 Å². The molecule has 0 bridgehead atoms. The Morgan fingerprint density at radius 3 is 2.29 bits per heavy atom. The van der Waals surface area contributed by atoms with Crippen molar-refractivity contribution in [1.82, 2.24) is 4.57 Å². The second-order valence-corrected chi connectivity index (χ2v) is 8.29. The Balaban J connectivity index is 1.96.